The molecule has 0 atom stereocenters. The van der Waals surface area contributed by atoms with Gasteiger partial charge in [-0.3, -0.25) is 10.0 Å². The summed E-state index contributed by atoms with van der Waals surface area (Å²) in [4.78, 5) is 9.90. The van der Waals surface area contributed by atoms with Gasteiger partial charge in [0.05, 0.1) is 0 Å². The maximum absolute atomic E-state index is 9.90. The molecule has 0 bridgehead atoms. The predicted molar refractivity (Wildman–Crippen MR) is 43.3 cm³/mol. The van der Waals surface area contributed by atoms with Crippen molar-refractivity contribution < 1.29 is 10.0 Å². The van der Waals surface area contributed by atoms with Crippen molar-refractivity contribution in [3.8, 4) is 0 Å². The number of hydrogen-bond acceptors (Lipinski definition) is 2. The summed E-state index contributed by atoms with van der Waals surface area (Å²) in [6.45, 7) is 2.62. The summed E-state index contributed by atoms with van der Waals surface area (Å²) >= 11 is 0. The fourth-order valence-corrected chi connectivity index (χ4v) is 0.930. The van der Waals surface area contributed by atoms with Crippen LogP contribution in [0.5, 0.6) is 0 Å². The van der Waals surface area contributed by atoms with Crippen molar-refractivity contribution in [2.75, 3.05) is 6.54 Å². The SMILES string of the molecule is CCCCCCCN(O)C=O. The molecule has 3 nitrogen and oxygen atoms in total. The summed E-state index contributed by atoms with van der Waals surface area (Å²) in [6.07, 6.45) is 6.10. The van der Waals surface area contributed by atoms with Crippen LogP contribution in [0, 0.1) is 0 Å². The molecular formula is C8H17NO2. The van der Waals surface area contributed by atoms with Gasteiger partial charge in [-0.05, 0) is 6.42 Å². The number of hydroxylamine groups is 2. The lowest BCUT2D eigenvalue weighted by Crippen LogP contribution is -2.17. The zero-order valence-corrected chi connectivity index (χ0v) is 7.12. The van der Waals surface area contributed by atoms with E-state index in [4.69, 9.17) is 5.21 Å². The Labute approximate surface area is 68.0 Å². The van der Waals surface area contributed by atoms with Crippen LogP contribution in [-0.2, 0) is 4.79 Å². The summed E-state index contributed by atoms with van der Waals surface area (Å²) in [5.41, 5.74) is 0. The van der Waals surface area contributed by atoms with Crippen LogP contribution in [0.4, 0.5) is 0 Å². The van der Waals surface area contributed by atoms with Gasteiger partial charge in [-0.15, -0.1) is 0 Å². The topological polar surface area (TPSA) is 40.5 Å². The van der Waals surface area contributed by atoms with E-state index in [2.05, 4.69) is 6.92 Å². The molecule has 11 heavy (non-hydrogen) atoms. The van der Waals surface area contributed by atoms with Gasteiger partial charge in [0.15, 0.2) is 0 Å². The first-order valence-electron chi connectivity index (χ1n) is 4.22. The van der Waals surface area contributed by atoms with Crippen LogP contribution in [0.3, 0.4) is 0 Å². The Kier molecular flexibility index (Phi) is 7.15. The van der Waals surface area contributed by atoms with Crippen LogP contribution in [-0.4, -0.2) is 23.2 Å². The number of amides is 1. The molecule has 0 unspecified atom stereocenters. The maximum Gasteiger partial charge on any atom is 0.233 e. The molecule has 66 valence electrons. The van der Waals surface area contributed by atoms with E-state index in [0.29, 0.717) is 18.0 Å². The molecule has 0 aromatic heterocycles. The molecule has 0 aromatic carbocycles. The highest BCUT2D eigenvalue weighted by molar-refractivity contribution is 5.44. The van der Waals surface area contributed by atoms with E-state index in [1.165, 1.54) is 19.3 Å². The summed E-state index contributed by atoms with van der Waals surface area (Å²) in [5.74, 6) is 0. The summed E-state index contributed by atoms with van der Waals surface area (Å²) in [6, 6.07) is 0. The largest absolute Gasteiger partial charge is 0.286 e. The van der Waals surface area contributed by atoms with E-state index < -0.39 is 0 Å². The lowest BCUT2D eigenvalue weighted by Gasteiger charge is -2.06. The number of hydrogen-bond donors (Lipinski definition) is 1. The Hall–Kier alpha value is -0.570. The van der Waals surface area contributed by atoms with Gasteiger partial charge in [0.25, 0.3) is 0 Å². The minimum Gasteiger partial charge on any atom is -0.286 e. The molecule has 0 radical (unpaired) electrons. The Balaban J connectivity index is 2.95. The first-order chi connectivity index (χ1) is 5.31. The third-order valence-electron chi connectivity index (χ3n) is 1.61. The van der Waals surface area contributed by atoms with Gasteiger partial charge in [0.1, 0.15) is 0 Å². The van der Waals surface area contributed by atoms with Crippen LogP contribution in [0.25, 0.3) is 0 Å². The van der Waals surface area contributed by atoms with Crippen LogP contribution in [0.1, 0.15) is 39.0 Å². The van der Waals surface area contributed by atoms with Crippen molar-refractivity contribution in [2.45, 2.75) is 39.0 Å². The molecule has 1 amide bonds. The predicted octanol–water partition coefficient (Wildman–Crippen LogP) is 1.80. The van der Waals surface area contributed by atoms with Crippen molar-refractivity contribution in [2.24, 2.45) is 0 Å². The average molecular weight is 159 g/mol. The third-order valence-corrected chi connectivity index (χ3v) is 1.61. The maximum atomic E-state index is 9.90. The molecule has 0 rings (SSSR count). The molecule has 0 aliphatic heterocycles. The Morgan fingerprint density at radius 3 is 2.45 bits per heavy atom. The van der Waals surface area contributed by atoms with Crippen molar-refractivity contribution in [3.05, 3.63) is 0 Å². The number of carbonyl (C=O) groups excluding carboxylic acids is 1. The number of nitrogens with zero attached hydrogens (tertiary/aromatic N) is 1. The van der Waals surface area contributed by atoms with Gasteiger partial charge in [0, 0.05) is 6.54 Å². The second-order valence-corrected chi connectivity index (χ2v) is 2.68. The molecule has 0 aliphatic rings. The summed E-state index contributed by atoms with van der Waals surface area (Å²) < 4.78 is 0. The zero-order chi connectivity index (χ0) is 8.53. The van der Waals surface area contributed by atoms with Gasteiger partial charge in [-0.1, -0.05) is 32.6 Å². The average Bonchev–Trinajstić information content (AvgIpc) is 2.04. The van der Waals surface area contributed by atoms with Crippen molar-refractivity contribution in [3.63, 3.8) is 0 Å². The quantitative estimate of drug-likeness (QED) is 0.266. The van der Waals surface area contributed by atoms with Crippen LogP contribution < -0.4 is 0 Å². The first kappa shape index (κ1) is 10.4. The highest BCUT2D eigenvalue weighted by Crippen LogP contribution is 2.02. The first-order valence-corrected chi connectivity index (χ1v) is 4.22. The molecular weight excluding hydrogens is 142 g/mol. The van der Waals surface area contributed by atoms with Crippen LogP contribution in [0.2, 0.25) is 0 Å². The molecule has 0 saturated heterocycles. The lowest BCUT2D eigenvalue weighted by molar-refractivity contribution is -0.149. The monoisotopic (exact) mass is 159 g/mol. The second-order valence-electron chi connectivity index (χ2n) is 2.68. The molecule has 0 heterocycles. The van der Waals surface area contributed by atoms with E-state index in [-0.39, 0.29) is 0 Å². The van der Waals surface area contributed by atoms with Gasteiger partial charge in [-0.25, -0.2) is 5.06 Å². The molecule has 0 aliphatic carbocycles. The van der Waals surface area contributed by atoms with E-state index in [9.17, 15) is 4.79 Å². The molecule has 3 heteroatoms. The fraction of sp³-hybridized carbons (Fsp3) is 0.875. The summed E-state index contributed by atoms with van der Waals surface area (Å²) in [5, 5.41) is 9.38. The van der Waals surface area contributed by atoms with Crippen molar-refractivity contribution in [1.82, 2.24) is 5.06 Å². The Morgan fingerprint density at radius 2 is 1.91 bits per heavy atom. The van der Waals surface area contributed by atoms with Crippen LogP contribution >= 0.6 is 0 Å². The van der Waals surface area contributed by atoms with Gasteiger partial charge in [0.2, 0.25) is 6.41 Å². The molecule has 0 saturated carbocycles. The number of rotatable bonds is 7. The molecule has 1 N–H and O–H groups in total. The zero-order valence-electron chi connectivity index (χ0n) is 7.12. The summed E-state index contributed by atoms with van der Waals surface area (Å²) in [7, 11) is 0. The number of unbranched alkanes of at least 4 members (excludes halogenated alkanes) is 4. The third kappa shape index (κ3) is 7.33. The standard InChI is InChI=1S/C8H17NO2/c1-2-3-4-5-6-7-9(11)8-10/h8,11H,2-7H2,1H3. The van der Waals surface area contributed by atoms with E-state index in [1.54, 1.807) is 0 Å². The van der Waals surface area contributed by atoms with E-state index in [1.807, 2.05) is 0 Å². The van der Waals surface area contributed by atoms with Gasteiger partial charge >= 0.3 is 0 Å². The fourth-order valence-electron chi connectivity index (χ4n) is 0.930. The van der Waals surface area contributed by atoms with Crippen LogP contribution in [0.15, 0.2) is 0 Å². The van der Waals surface area contributed by atoms with Gasteiger partial charge in [-0.2, -0.15) is 0 Å². The Bertz CT molecular complexity index is 96.1. The lowest BCUT2D eigenvalue weighted by atomic mass is 10.1. The minimum absolute atomic E-state index is 0.444. The Morgan fingerprint density at radius 1 is 1.27 bits per heavy atom. The van der Waals surface area contributed by atoms with E-state index >= 15 is 0 Å². The second kappa shape index (κ2) is 7.54. The molecule has 0 aromatic rings. The van der Waals surface area contributed by atoms with Gasteiger partial charge < -0.3 is 0 Å². The highest BCUT2D eigenvalue weighted by Gasteiger charge is 1.94. The van der Waals surface area contributed by atoms with E-state index in [0.717, 1.165) is 12.8 Å². The number of carbonyl (C=O) groups is 1. The molecule has 0 spiro atoms. The minimum atomic E-state index is 0.444. The van der Waals surface area contributed by atoms with Crippen molar-refractivity contribution >= 4 is 6.41 Å². The smallest absolute Gasteiger partial charge is 0.233 e. The van der Waals surface area contributed by atoms with Crippen molar-refractivity contribution in [1.29, 1.82) is 0 Å². The highest BCUT2D eigenvalue weighted by atomic mass is 16.5. The molecule has 0 fully saturated rings. The normalized spacial score (nSPS) is 9.64.